The van der Waals surface area contributed by atoms with Crippen LogP contribution >= 0.6 is 0 Å². The van der Waals surface area contributed by atoms with Gasteiger partial charge in [0.2, 0.25) is 12.7 Å². The lowest BCUT2D eigenvalue weighted by Crippen LogP contribution is -2.39. The number of rotatable bonds is 4. The highest BCUT2D eigenvalue weighted by molar-refractivity contribution is 6.12. The summed E-state index contributed by atoms with van der Waals surface area (Å²) in [4.78, 5) is 15.4. The maximum Gasteiger partial charge on any atom is 0.243 e. The van der Waals surface area contributed by atoms with E-state index < -0.39 is 5.41 Å². The molecule has 1 saturated heterocycles. The van der Waals surface area contributed by atoms with Crippen molar-refractivity contribution in [1.82, 2.24) is 4.90 Å². The highest BCUT2D eigenvalue weighted by Gasteiger charge is 2.52. The number of fused-ring (bicyclic) bond motifs is 1. The quantitative estimate of drug-likeness (QED) is 0.736. The molecule has 2 aliphatic heterocycles. The minimum absolute atomic E-state index is 0.0717. The number of benzene rings is 3. The minimum Gasteiger partial charge on any atom is -0.454 e. The average molecular weight is 384 g/mol. The number of hydrogen-bond acceptors (Lipinski definition) is 4. The summed E-state index contributed by atoms with van der Waals surface area (Å²) < 4.78 is 10.8. The van der Waals surface area contributed by atoms with Gasteiger partial charge in [-0.15, -0.1) is 0 Å². The third-order valence-electron chi connectivity index (χ3n) is 5.68. The maximum atomic E-state index is 13.8. The molecular weight excluding hydrogens is 364 g/mol. The Morgan fingerprint density at radius 3 is 2.14 bits per heavy atom. The molecule has 3 aromatic carbocycles. The van der Waals surface area contributed by atoms with Crippen molar-refractivity contribution >= 4 is 11.7 Å². The highest BCUT2D eigenvalue weighted by Crippen LogP contribution is 2.43. The number of amides is 1. The molecular formula is C24H20N2O3. The summed E-state index contributed by atoms with van der Waals surface area (Å²) in [6.45, 7) is 0.540. The second-order valence-electron chi connectivity index (χ2n) is 7.34. The predicted octanol–water partition coefficient (Wildman–Crippen LogP) is 4.11. The number of carbonyl (C=O) groups excluding carboxylic acids is 1. The molecule has 0 radical (unpaired) electrons. The van der Waals surface area contributed by atoms with Crippen LogP contribution in [0.4, 0.5) is 0 Å². The van der Waals surface area contributed by atoms with Gasteiger partial charge in [0.15, 0.2) is 11.5 Å². The van der Waals surface area contributed by atoms with E-state index in [4.69, 9.17) is 14.9 Å². The summed E-state index contributed by atoms with van der Waals surface area (Å²) in [5.74, 6) is 1.63. The third-order valence-corrected chi connectivity index (χ3v) is 5.68. The van der Waals surface area contributed by atoms with Crippen molar-refractivity contribution in [2.75, 3.05) is 6.79 Å². The highest BCUT2D eigenvalue weighted by atomic mass is 16.7. The molecule has 0 spiro atoms. The Morgan fingerprint density at radius 2 is 1.48 bits per heavy atom. The van der Waals surface area contributed by atoms with E-state index in [1.54, 1.807) is 4.90 Å². The summed E-state index contributed by atoms with van der Waals surface area (Å²) in [5, 5.41) is 8.64. The molecule has 0 unspecified atom stereocenters. The van der Waals surface area contributed by atoms with E-state index in [0.29, 0.717) is 30.3 Å². The molecule has 5 heteroatoms. The fourth-order valence-corrected chi connectivity index (χ4v) is 4.23. The molecule has 0 bridgehead atoms. The van der Waals surface area contributed by atoms with E-state index in [1.165, 1.54) is 0 Å². The average Bonchev–Trinajstić information content (AvgIpc) is 3.33. The van der Waals surface area contributed by atoms with Crippen LogP contribution < -0.4 is 9.47 Å². The molecule has 0 atom stereocenters. The van der Waals surface area contributed by atoms with Gasteiger partial charge in [0.25, 0.3) is 0 Å². The van der Waals surface area contributed by atoms with Crippen molar-refractivity contribution in [3.8, 4) is 11.5 Å². The summed E-state index contributed by atoms with van der Waals surface area (Å²) in [6.07, 6.45) is 0.338. The zero-order valence-electron chi connectivity index (χ0n) is 15.8. The Balaban J connectivity index is 1.55. The van der Waals surface area contributed by atoms with Gasteiger partial charge in [0.1, 0.15) is 11.3 Å². The maximum absolute atomic E-state index is 13.8. The van der Waals surface area contributed by atoms with E-state index in [0.717, 1.165) is 16.7 Å². The van der Waals surface area contributed by atoms with Gasteiger partial charge < -0.3 is 9.47 Å². The van der Waals surface area contributed by atoms with Gasteiger partial charge in [-0.2, -0.15) is 0 Å². The molecule has 29 heavy (non-hydrogen) atoms. The lowest BCUT2D eigenvalue weighted by molar-refractivity contribution is -0.130. The van der Waals surface area contributed by atoms with Crippen LogP contribution in [0, 0.1) is 5.41 Å². The third kappa shape index (κ3) is 2.78. The van der Waals surface area contributed by atoms with Gasteiger partial charge in [-0.05, 0) is 28.8 Å². The summed E-state index contributed by atoms with van der Waals surface area (Å²) >= 11 is 0. The van der Waals surface area contributed by atoms with Crippen LogP contribution in [0.15, 0.2) is 78.9 Å². The Hall–Kier alpha value is -3.60. The van der Waals surface area contributed by atoms with Gasteiger partial charge in [0.05, 0.1) is 6.54 Å². The lowest BCUT2D eigenvalue weighted by Gasteiger charge is -2.28. The first-order valence-corrected chi connectivity index (χ1v) is 9.57. The molecule has 1 N–H and O–H groups in total. The summed E-state index contributed by atoms with van der Waals surface area (Å²) in [7, 11) is 0. The van der Waals surface area contributed by atoms with E-state index in [-0.39, 0.29) is 12.7 Å². The number of likely N-dealkylation sites (tertiary alicyclic amines) is 1. The Morgan fingerprint density at radius 1 is 0.862 bits per heavy atom. The van der Waals surface area contributed by atoms with Gasteiger partial charge in [0, 0.05) is 6.42 Å². The van der Waals surface area contributed by atoms with Crippen LogP contribution in [0.5, 0.6) is 11.5 Å². The van der Waals surface area contributed by atoms with Crippen molar-refractivity contribution < 1.29 is 14.3 Å². The zero-order chi connectivity index (χ0) is 19.8. The van der Waals surface area contributed by atoms with Gasteiger partial charge in [-0.3, -0.25) is 15.1 Å². The van der Waals surface area contributed by atoms with Crippen molar-refractivity contribution in [3.05, 3.63) is 95.6 Å². The van der Waals surface area contributed by atoms with Crippen molar-refractivity contribution in [1.29, 1.82) is 5.41 Å². The monoisotopic (exact) mass is 384 g/mol. The number of nitrogens with zero attached hydrogens (tertiary/aromatic N) is 1. The van der Waals surface area contributed by atoms with Crippen molar-refractivity contribution in [2.45, 2.75) is 18.4 Å². The zero-order valence-corrected chi connectivity index (χ0v) is 15.8. The first-order chi connectivity index (χ1) is 14.2. The normalized spacial score (nSPS) is 17.0. The number of carbonyl (C=O) groups is 1. The van der Waals surface area contributed by atoms with Crippen molar-refractivity contribution in [3.63, 3.8) is 0 Å². The first kappa shape index (κ1) is 17.5. The Labute approximate surface area is 169 Å². The van der Waals surface area contributed by atoms with Gasteiger partial charge in [-0.25, -0.2) is 0 Å². The number of hydrogen-bond donors (Lipinski definition) is 1. The molecule has 2 aliphatic rings. The molecule has 5 rings (SSSR count). The molecule has 0 aliphatic carbocycles. The topological polar surface area (TPSA) is 62.6 Å². The smallest absolute Gasteiger partial charge is 0.243 e. The second-order valence-corrected chi connectivity index (χ2v) is 7.34. The lowest BCUT2D eigenvalue weighted by atomic mass is 9.73. The van der Waals surface area contributed by atoms with Crippen LogP contribution in [0.25, 0.3) is 0 Å². The van der Waals surface area contributed by atoms with Crippen LogP contribution in [0.1, 0.15) is 23.1 Å². The molecule has 0 saturated carbocycles. The van der Waals surface area contributed by atoms with E-state index >= 15 is 0 Å². The van der Waals surface area contributed by atoms with Crippen molar-refractivity contribution in [2.24, 2.45) is 0 Å². The van der Waals surface area contributed by atoms with Gasteiger partial charge >= 0.3 is 0 Å². The summed E-state index contributed by atoms with van der Waals surface area (Å²) in [6, 6.07) is 25.2. The van der Waals surface area contributed by atoms with Gasteiger partial charge in [-0.1, -0.05) is 66.7 Å². The molecule has 1 fully saturated rings. The SMILES string of the molecule is N=C1CC(c2ccccc2)(c2ccccc2)C(=O)N1Cc1ccc2c(c1)OCO2. The number of ether oxygens (including phenoxy) is 2. The Bertz CT molecular complexity index is 1040. The number of nitrogens with one attached hydrogen (secondary N) is 1. The minimum atomic E-state index is -0.879. The largest absolute Gasteiger partial charge is 0.454 e. The fourth-order valence-electron chi connectivity index (χ4n) is 4.23. The first-order valence-electron chi connectivity index (χ1n) is 9.57. The molecule has 0 aromatic heterocycles. The fraction of sp³-hybridized carbons (Fsp3) is 0.167. The molecule has 2 heterocycles. The van der Waals surface area contributed by atoms with E-state index in [2.05, 4.69) is 0 Å². The summed E-state index contributed by atoms with van der Waals surface area (Å²) in [5.41, 5.74) is 1.85. The van der Waals surface area contributed by atoms with E-state index in [9.17, 15) is 4.79 Å². The van der Waals surface area contributed by atoms with Crippen LogP contribution in [0.3, 0.4) is 0 Å². The van der Waals surface area contributed by atoms with Crippen LogP contribution in [-0.4, -0.2) is 23.4 Å². The number of amidine groups is 1. The molecule has 1 amide bonds. The standard InChI is InChI=1S/C24H20N2O3/c25-22-14-24(18-7-3-1-4-8-18,19-9-5-2-6-10-19)23(27)26(22)15-17-11-12-20-21(13-17)29-16-28-20/h1-13,25H,14-16H2. The second kappa shape index (κ2) is 6.78. The van der Waals surface area contributed by atoms with E-state index in [1.807, 2.05) is 78.9 Å². The molecule has 3 aromatic rings. The molecule has 5 nitrogen and oxygen atoms in total. The molecule has 144 valence electrons. The van der Waals surface area contributed by atoms with Crippen LogP contribution in [-0.2, 0) is 16.8 Å². The Kier molecular flexibility index (Phi) is 4.09. The predicted molar refractivity (Wildman–Crippen MR) is 109 cm³/mol. The van der Waals surface area contributed by atoms with Crippen LogP contribution in [0.2, 0.25) is 0 Å².